The minimum absolute atomic E-state index is 0.290. The third-order valence-corrected chi connectivity index (χ3v) is 5.44. The minimum atomic E-state index is -0.706. The number of carbonyl (C=O) groups excluding carboxylic acids is 1. The van der Waals surface area contributed by atoms with Gasteiger partial charge in [-0.05, 0) is 38.0 Å². The summed E-state index contributed by atoms with van der Waals surface area (Å²) in [5.41, 5.74) is 1.62. The number of nitrogens with one attached hydrogen (secondary N) is 1. The Morgan fingerprint density at radius 1 is 1.50 bits per heavy atom. The molecule has 26 heavy (non-hydrogen) atoms. The smallest absolute Gasteiger partial charge is 0.272 e. The molecule has 1 N–H and O–H groups in total. The van der Waals surface area contributed by atoms with Gasteiger partial charge in [0.05, 0.1) is 17.4 Å². The number of hydrogen-bond donors (Lipinski definition) is 1. The van der Waals surface area contributed by atoms with E-state index in [0.717, 1.165) is 30.5 Å². The average molecular weight is 360 g/mol. The van der Waals surface area contributed by atoms with Crippen molar-refractivity contribution in [2.75, 3.05) is 13.8 Å². The Balaban J connectivity index is 1.71. The van der Waals surface area contributed by atoms with Gasteiger partial charge in [0.15, 0.2) is 5.69 Å². The van der Waals surface area contributed by atoms with E-state index in [1.165, 1.54) is 4.73 Å². The molecule has 1 fully saturated rings. The van der Waals surface area contributed by atoms with E-state index in [2.05, 4.69) is 22.3 Å². The molecule has 0 saturated heterocycles. The lowest BCUT2D eigenvalue weighted by atomic mass is 9.77. The van der Waals surface area contributed by atoms with Gasteiger partial charge in [-0.2, -0.15) is 5.10 Å². The predicted molar refractivity (Wildman–Crippen MR) is 90.7 cm³/mol. The zero-order valence-electron chi connectivity index (χ0n) is 15.0. The molecule has 4 rings (SSSR count). The van der Waals surface area contributed by atoms with Crippen molar-refractivity contribution in [2.24, 2.45) is 5.92 Å². The van der Waals surface area contributed by atoms with Crippen molar-refractivity contribution in [3.63, 3.8) is 0 Å². The highest BCUT2D eigenvalue weighted by Gasteiger charge is 2.40. The van der Waals surface area contributed by atoms with Crippen molar-refractivity contribution < 1.29 is 18.8 Å². The number of hydrogen-bond acceptors (Lipinski definition) is 4. The quantitative estimate of drug-likeness (QED) is 0.807. The molecule has 0 spiro atoms. The van der Waals surface area contributed by atoms with Gasteiger partial charge in [0.1, 0.15) is 13.8 Å². The SMILES string of the molecule is CO[n+]1ccnc(-n2nc(C(=O)NC3(CF)CCC3)c3c2CC(C)C3)c1. The van der Waals surface area contributed by atoms with E-state index >= 15 is 0 Å². The van der Waals surface area contributed by atoms with Crippen molar-refractivity contribution in [3.05, 3.63) is 35.5 Å². The number of rotatable bonds is 5. The fourth-order valence-corrected chi connectivity index (χ4v) is 3.82. The van der Waals surface area contributed by atoms with Crippen LogP contribution in [0.1, 0.15) is 47.9 Å². The molecule has 2 heterocycles. The Morgan fingerprint density at radius 2 is 2.31 bits per heavy atom. The number of nitrogens with zero attached hydrogens (tertiary/aromatic N) is 4. The van der Waals surface area contributed by atoms with Crippen LogP contribution in [0, 0.1) is 5.92 Å². The van der Waals surface area contributed by atoms with E-state index in [1.807, 2.05) is 0 Å². The molecule has 1 saturated carbocycles. The van der Waals surface area contributed by atoms with Gasteiger partial charge >= 0.3 is 0 Å². The van der Waals surface area contributed by atoms with E-state index < -0.39 is 12.2 Å². The van der Waals surface area contributed by atoms with E-state index in [-0.39, 0.29) is 5.91 Å². The Bertz CT molecular complexity index is 841. The summed E-state index contributed by atoms with van der Waals surface area (Å²) in [5.74, 6) is 0.725. The summed E-state index contributed by atoms with van der Waals surface area (Å²) in [7, 11) is 1.56. The van der Waals surface area contributed by atoms with E-state index in [9.17, 15) is 9.18 Å². The maximum Gasteiger partial charge on any atom is 0.272 e. The molecule has 2 aliphatic carbocycles. The lowest BCUT2D eigenvalue weighted by Gasteiger charge is -2.39. The van der Waals surface area contributed by atoms with Gasteiger partial charge in [-0.15, -0.1) is 0 Å². The maximum absolute atomic E-state index is 13.4. The predicted octanol–water partition coefficient (Wildman–Crippen LogP) is 0.970. The molecule has 0 aromatic carbocycles. The standard InChI is InChI=1S/C18H22FN5O2/c1-12-8-13-14(9-12)24(15-10-23(26-2)7-6-20-15)22-16(13)17(25)21-18(11-19)4-3-5-18/h6-7,10,12H,3-5,8-9,11H2,1-2H3/p+1. The third kappa shape index (κ3) is 2.73. The largest absolute Gasteiger partial charge is 0.343 e. The highest BCUT2D eigenvalue weighted by atomic mass is 19.1. The lowest BCUT2D eigenvalue weighted by molar-refractivity contribution is -0.885. The number of amides is 1. The fourth-order valence-electron chi connectivity index (χ4n) is 3.82. The summed E-state index contributed by atoms with van der Waals surface area (Å²) in [5, 5.41) is 7.43. The lowest BCUT2D eigenvalue weighted by Crippen LogP contribution is -2.55. The van der Waals surface area contributed by atoms with Crippen LogP contribution < -0.4 is 14.9 Å². The van der Waals surface area contributed by atoms with Crippen LogP contribution in [0.5, 0.6) is 0 Å². The highest BCUT2D eigenvalue weighted by molar-refractivity contribution is 5.95. The first-order valence-corrected chi connectivity index (χ1v) is 8.96. The first kappa shape index (κ1) is 16.9. The summed E-state index contributed by atoms with van der Waals surface area (Å²) in [4.78, 5) is 22.4. The van der Waals surface area contributed by atoms with Crippen LogP contribution in [0.25, 0.3) is 5.82 Å². The van der Waals surface area contributed by atoms with Crippen LogP contribution in [0.3, 0.4) is 0 Å². The third-order valence-electron chi connectivity index (χ3n) is 5.44. The monoisotopic (exact) mass is 360 g/mol. The molecule has 1 amide bonds. The van der Waals surface area contributed by atoms with Gasteiger partial charge in [-0.3, -0.25) is 9.63 Å². The van der Waals surface area contributed by atoms with Crippen LogP contribution in [0.15, 0.2) is 18.6 Å². The Hall–Kier alpha value is -2.51. The molecule has 0 bridgehead atoms. The van der Waals surface area contributed by atoms with Gasteiger partial charge in [-0.25, -0.2) is 14.1 Å². The van der Waals surface area contributed by atoms with Gasteiger partial charge in [0.25, 0.3) is 12.1 Å². The van der Waals surface area contributed by atoms with E-state index in [0.29, 0.717) is 30.3 Å². The van der Waals surface area contributed by atoms with Gasteiger partial charge in [0.2, 0.25) is 12.0 Å². The van der Waals surface area contributed by atoms with Crippen molar-refractivity contribution in [1.29, 1.82) is 0 Å². The zero-order valence-corrected chi connectivity index (χ0v) is 15.0. The Morgan fingerprint density at radius 3 is 2.96 bits per heavy atom. The van der Waals surface area contributed by atoms with E-state index in [1.54, 1.807) is 30.4 Å². The molecule has 2 aromatic heterocycles. The molecule has 1 atom stereocenters. The van der Waals surface area contributed by atoms with Crippen molar-refractivity contribution in [2.45, 2.75) is 44.6 Å². The number of carbonyl (C=O) groups is 1. The second-order valence-electron chi connectivity index (χ2n) is 7.38. The molecule has 0 radical (unpaired) electrons. The highest BCUT2D eigenvalue weighted by Crippen LogP contribution is 2.34. The summed E-state index contributed by atoms with van der Waals surface area (Å²) < 4.78 is 16.6. The molecular weight excluding hydrogens is 337 g/mol. The van der Waals surface area contributed by atoms with Gasteiger partial charge in [-0.1, -0.05) is 6.92 Å². The van der Waals surface area contributed by atoms with Gasteiger partial charge < -0.3 is 5.32 Å². The van der Waals surface area contributed by atoms with Crippen LogP contribution in [0.4, 0.5) is 4.39 Å². The summed E-state index contributed by atoms with van der Waals surface area (Å²) in [6.45, 7) is 1.61. The number of halogens is 1. The summed E-state index contributed by atoms with van der Waals surface area (Å²) in [6, 6.07) is 0. The van der Waals surface area contributed by atoms with Crippen molar-refractivity contribution in [3.8, 4) is 5.82 Å². The molecule has 7 nitrogen and oxygen atoms in total. The molecule has 2 aromatic rings. The van der Waals surface area contributed by atoms with Crippen molar-refractivity contribution >= 4 is 5.91 Å². The maximum atomic E-state index is 13.4. The molecular formula is C18H23FN5O2+. The molecule has 138 valence electrons. The topological polar surface area (TPSA) is 72.9 Å². The molecule has 8 heteroatoms. The van der Waals surface area contributed by atoms with Crippen LogP contribution >= 0.6 is 0 Å². The van der Waals surface area contributed by atoms with Crippen LogP contribution in [-0.4, -0.2) is 40.0 Å². The van der Waals surface area contributed by atoms with Gasteiger partial charge in [0, 0.05) is 10.3 Å². The van der Waals surface area contributed by atoms with Crippen molar-refractivity contribution in [1.82, 2.24) is 20.1 Å². The molecule has 1 unspecified atom stereocenters. The fraction of sp³-hybridized carbons (Fsp3) is 0.556. The molecule has 2 aliphatic rings. The average Bonchev–Trinajstić information content (AvgIpc) is 3.15. The minimum Gasteiger partial charge on any atom is -0.343 e. The molecule has 0 aliphatic heterocycles. The number of aromatic nitrogens is 4. The number of fused-ring (bicyclic) bond motifs is 1. The summed E-state index contributed by atoms with van der Waals surface area (Å²) in [6.07, 6.45) is 8.95. The Labute approximate surface area is 151 Å². The van der Waals surface area contributed by atoms with Crippen LogP contribution in [-0.2, 0) is 12.8 Å². The zero-order chi connectivity index (χ0) is 18.3. The van der Waals surface area contributed by atoms with Crippen LogP contribution in [0.2, 0.25) is 0 Å². The summed E-state index contributed by atoms with van der Waals surface area (Å²) >= 11 is 0. The first-order chi connectivity index (χ1) is 12.5. The second-order valence-corrected chi connectivity index (χ2v) is 7.38. The second kappa shape index (κ2) is 6.34. The van der Waals surface area contributed by atoms with E-state index in [4.69, 9.17) is 4.84 Å². The Kier molecular flexibility index (Phi) is 4.13. The number of alkyl halides is 1. The normalized spacial score (nSPS) is 20.3. The first-order valence-electron chi connectivity index (χ1n) is 8.96.